The molecule has 4 nitrogen and oxygen atoms in total. The summed E-state index contributed by atoms with van der Waals surface area (Å²) in [5.41, 5.74) is 3.30. The Morgan fingerprint density at radius 2 is 2.00 bits per heavy atom. The molecule has 1 aliphatic carbocycles. The lowest BCUT2D eigenvalue weighted by Crippen LogP contribution is -2.69. The number of aryl methyl sites for hydroxylation is 1. The minimum atomic E-state index is -0.232. The smallest absolute Gasteiger partial charge is 0.148 e. The Balaban J connectivity index is 1.36. The average molecular weight is 369 g/mol. The fourth-order valence-corrected chi connectivity index (χ4v) is 5.57. The lowest BCUT2D eigenvalue weighted by Gasteiger charge is -2.65. The number of nitrogens with zero attached hydrogens (tertiary/aromatic N) is 3. The van der Waals surface area contributed by atoms with Crippen molar-refractivity contribution in [1.82, 2.24) is 14.7 Å². The molecule has 3 aliphatic rings. The van der Waals surface area contributed by atoms with E-state index in [9.17, 15) is 4.39 Å². The number of aromatic nitrogens is 2. The van der Waals surface area contributed by atoms with Gasteiger partial charge < -0.3 is 4.74 Å². The van der Waals surface area contributed by atoms with Crippen LogP contribution >= 0.6 is 0 Å². The van der Waals surface area contributed by atoms with Gasteiger partial charge in [-0.1, -0.05) is 18.6 Å². The third kappa shape index (κ3) is 2.92. The molecule has 2 aliphatic heterocycles. The molecule has 1 aromatic carbocycles. The van der Waals surface area contributed by atoms with Crippen LogP contribution < -0.4 is 0 Å². The number of benzene rings is 1. The van der Waals surface area contributed by atoms with Gasteiger partial charge in [-0.3, -0.25) is 4.90 Å². The highest BCUT2D eigenvalue weighted by Gasteiger charge is 2.57. The summed E-state index contributed by atoms with van der Waals surface area (Å²) < 4.78 is 21.4. The highest BCUT2D eigenvalue weighted by Crippen LogP contribution is 2.57. The molecule has 0 radical (unpaired) electrons. The summed E-state index contributed by atoms with van der Waals surface area (Å²) in [6, 6.07) is 7.52. The Kier molecular flexibility index (Phi) is 4.32. The van der Waals surface area contributed by atoms with Gasteiger partial charge in [0.25, 0.3) is 0 Å². The third-order valence-corrected chi connectivity index (χ3v) is 7.07. The Hall–Kier alpha value is -1.72. The van der Waals surface area contributed by atoms with Gasteiger partial charge in [0.1, 0.15) is 11.5 Å². The lowest BCUT2D eigenvalue weighted by atomic mass is 9.54. The summed E-state index contributed by atoms with van der Waals surface area (Å²) >= 11 is 0. The first kappa shape index (κ1) is 17.4. The number of ether oxygens (including phenoxy) is 1. The van der Waals surface area contributed by atoms with Crippen LogP contribution in [0.2, 0.25) is 0 Å². The predicted molar refractivity (Wildman–Crippen MR) is 102 cm³/mol. The van der Waals surface area contributed by atoms with Gasteiger partial charge in [0.2, 0.25) is 0 Å². The van der Waals surface area contributed by atoms with Crippen molar-refractivity contribution < 1.29 is 9.13 Å². The van der Waals surface area contributed by atoms with Gasteiger partial charge in [-0.15, -0.1) is 0 Å². The van der Waals surface area contributed by atoms with Crippen molar-refractivity contribution in [3.05, 3.63) is 47.5 Å². The van der Waals surface area contributed by atoms with Gasteiger partial charge in [0, 0.05) is 44.1 Å². The number of para-hydroxylation sites is 1. The minimum absolute atomic E-state index is 0.232. The molecule has 1 aromatic heterocycles. The van der Waals surface area contributed by atoms with Gasteiger partial charge in [0.05, 0.1) is 5.69 Å². The molecule has 27 heavy (non-hydrogen) atoms. The SMILES string of the molecule is Cc1nn(-c2ccccc2F)cc1CN1CC2(CCC2)C1C1CCOCC1. The molecule has 144 valence electrons. The number of hydrogen-bond acceptors (Lipinski definition) is 3. The fraction of sp³-hybridized carbons (Fsp3) is 0.591. The highest BCUT2D eigenvalue weighted by atomic mass is 19.1. The van der Waals surface area contributed by atoms with Gasteiger partial charge in [0.15, 0.2) is 0 Å². The zero-order chi connectivity index (χ0) is 18.4. The summed E-state index contributed by atoms with van der Waals surface area (Å²) in [5.74, 6) is 0.527. The second-order valence-corrected chi connectivity index (χ2v) is 8.65. The summed E-state index contributed by atoms with van der Waals surface area (Å²) in [4.78, 5) is 2.66. The van der Waals surface area contributed by atoms with Crippen LogP contribution in [0.4, 0.5) is 4.39 Å². The van der Waals surface area contributed by atoms with Crippen LogP contribution in [0.15, 0.2) is 30.5 Å². The zero-order valence-electron chi connectivity index (χ0n) is 16.0. The quantitative estimate of drug-likeness (QED) is 0.813. The van der Waals surface area contributed by atoms with Gasteiger partial charge in [-0.25, -0.2) is 9.07 Å². The summed E-state index contributed by atoms with van der Waals surface area (Å²) in [5, 5.41) is 4.59. The molecule has 3 heterocycles. The number of hydrogen-bond donors (Lipinski definition) is 0. The summed E-state index contributed by atoms with van der Waals surface area (Å²) in [7, 11) is 0. The maximum Gasteiger partial charge on any atom is 0.148 e. The molecular weight excluding hydrogens is 341 g/mol. The van der Waals surface area contributed by atoms with Crippen molar-refractivity contribution in [2.75, 3.05) is 19.8 Å². The standard InChI is InChI=1S/C22H28FN3O/c1-16-18(14-26(24-16)20-6-3-2-5-19(20)23)13-25-15-22(9-4-10-22)21(25)17-7-11-27-12-8-17/h2-3,5-6,14,17,21H,4,7-13,15H2,1H3. The van der Waals surface area contributed by atoms with Crippen molar-refractivity contribution in [3.8, 4) is 5.69 Å². The normalized spacial score (nSPS) is 25.3. The van der Waals surface area contributed by atoms with Crippen molar-refractivity contribution in [2.24, 2.45) is 11.3 Å². The molecule has 2 aromatic rings. The van der Waals surface area contributed by atoms with Crippen molar-refractivity contribution in [2.45, 2.75) is 51.6 Å². The van der Waals surface area contributed by atoms with E-state index in [1.54, 1.807) is 16.8 Å². The van der Waals surface area contributed by atoms with E-state index in [1.807, 2.05) is 19.2 Å². The van der Waals surface area contributed by atoms with Gasteiger partial charge in [-0.05, 0) is 56.1 Å². The molecule has 0 amide bonds. The van der Waals surface area contributed by atoms with E-state index in [0.29, 0.717) is 17.1 Å². The van der Waals surface area contributed by atoms with E-state index in [1.165, 1.54) is 50.3 Å². The second-order valence-electron chi connectivity index (χ2n) is 8.65. The molecule has 0 bridgehead atoms. The minimum Gasteiger partial charge on any atom is -0.381 e. The van der Waals surface area contributed by atoms with E-state index in [2.05, 4.69) is 10.00 Å². The van der Waals surface area contributed by atoms with Crippen LogP contribution in [0.5, 0.6) is 0 Å². The van der Waals surface area contributed by atoms with Crippen molar-refractivity contribution in [1.29, 1.82) is 0 Å². The van der Waals surface area contributed by atoms with Gasteiger partial charge in [-0.2, -0.15) is 5.10 Å². The average Bonchev–Trinajstić information content (AvgIpc) is 2.98. The largest absolute Gasteiger partial charge is 0.381 e. The summed E-state index contributed by atoms with van der Waals surface area (Å²) in [6.45, 7) is 5.99. The van der Waals surface area contributed by atoms with Crippen molar-refractivity contribution >= 4 is 0 Å². The molecule has 5 heteroatoms. The number of halogens is 1. The molecule has 1 saturated carbocycles. The number of rotatable bonds is 4. The topological polar surface area (TPSA) is 30.3 Å². The Morgan fingerprint density at radius 3 is 2.70 bits per heavy atom. The molecule has 1 unspecified atom stereocenters. The molecule has 1 spiro atoms. The lowest BCUT2D eigenvalue weighted by molar-refractivity contribution is -0.166. The van der Waals surface area contributed by atoms with Crippen LogP contribution in [-0.4, -0.2) is 40.5 Å². The van der Waals surface area contributed by atoms with E-state index in [-0.39, 0.29) is 5.82 Å². The van der Waals surface area contributed by atoms with E-state index in [4.69, 9.17) is 4.74 Å². The van der Waals surface area contributed by atoms with Crippen LogP contribution in [0, 0.1) is 24.1 Å². The van der Waals surface area contributed by atoms with Crippen molar-refractivity contribution in [3.63, 3.8) is 0 Å². The first-order valence-corrected chi connectivity index (χ1v) is 10.3. The zero-order valence-corrected chi connectivity index (χ0v) is 16.0. The Morgan fingerprint density at radius 1 is 1.22 bits per heavy atom. The fourth-order valence-electron chi connectivity index (χ4n) is 5.57. The summed E-state index contributed by atoms with van der Waals surface area (Å²) in [6.07, 6.45) is 8.56. The molecule has 1 atom stereocenters. The van der Waals surface area contributed by atoms with E-state index >= 15 is 0 Å². The van der Waals surface area contributed by atoms with Crippen LogP contribution in [0.25, 0.3) is 5.69 Å². The van der Waals surface area contributed by atoms with E-state index < -0.39 is 0 Å². The predicted octanol–water partition coefficient (Wildman–Crippen LogP) is 4.10. The highest BCUT2D eigenvalue weighted by molar-refractivity contribution is 5.34. The maximum atomic E-state index is 14.1. The maximum absolute atomic E-state index is 14.1. The first-order valence-electron chi connectivity index (χ1n) is 10.3. The third-order valence-electron chi connectivity index (χ3n) is 7.07. The molecule has 5 rings (SSSR count). The molecule has 2 saturated heterocycles. The van der Waals surface area contributed by atoms with Crippen LogP contribution in [-0.2, 0) is 11.3 Å². The van der Waals surface area contributed by atoms with Crippen LogP contribution in [0.1, 0.15) is 43.4 Å². The monoisotopic (exact) mass is 369 g/mol. The molecule has 3 fully saturated rings. The van der Waals surface area contributed by atoms with Gasteiger partial charge >= 0.3 is 0 Å². The second kappa shape index (κ2) is 6.71. The molecule has 0 N–H and O–H groups in total. The first-order chi connectivity index (χ1) is 13.2. The van der Waals surface area contributed by atoms with Crippen LogP contribution in [0.3, 0.4) is 0 Å². The Bertz CT molecular complexity index is 823. The molecular formula is C22H28FN3O. The number of likely N-dealkylation sites (tertiary alicyclic amines) is 1. The Labute approximate surface area is 160 Å². The van der Waals surface area contributed by atoms with E-state index in [0.717, 1.165) is 31.4 Å².